The van der Waals surface area contributed by atoms with Crippen LogP contribution in [0, 0.1) is 5.92 Å². The Morgan fingerprint density at radius 3 is 2.92 bits per heavy atom. The fraction of sp³-hybridized carbons (Fsp3) is 0.400. The van der Waals surface area contributed by atoms with Gasteiger partial charge in [0.1, 0.15) is 0 Å². The molecule has 1 aromatic carbocycles. The fourth-order valence-electron chi connectivity index (χ4n) is 1.59. The Morgan fingerprint density at radius 1 is 1.50 bits per heavy atom. The van der Waals surface area contributed by atoms with Gasteiger partial charge in [-0.1, -0.05) is 23.7 Å². The largest absolute Gasteiger partial charge is 0.396 e. The van der Waals surface area contributed by atoms with E-state index in [0.717, 1.165) is 11.4 Å². The summed E-state index contributed by atoms with van der Waals surface area (Å²) in [6.45, 7) is 0.303. The molecule has 0 amide bonds. The Hall–Kier alpha value is -0.530. The maximum Gasteiger partial charge on any atom is 0.0465 e. The van der Waals surface area contributed by atoms with E-state index in [-0.39, 0.29) is 0 Å². The summed E-state index contributed by atoms with van der Waals surface area (Å²) in [5.74, 6) is 1.03. The van der Waals surface area contributed by atoms with Gasteiger partial charge in [-0.05, 0) is 36.0 Å². The Bertz CT molecular complexity index is 285. The van der Waals surface area contributed by atoms with Crippen LogP contribution < -0.4 is 0 Å². The fourth-order valence-corrected chi connectivity index (χ4v) is 1.79. The monoisotopic (exact) mass is 182 g/mol. The van der Waals surface area contributed by atoms with Gasteiger partial charge in [-0.15, -0.1) is 0 Å². The van der Waals surface area contributed by atoms with Crippen LogP contribution in [0.1, 0.15) is 17.9 Å². The molecule has 0 spiro atoms. The number of rotatable bonds is 2. The van der Waals surface area contributed by atoms with E-state index in [2.05, 4.69) is 6.07 Å². The third kappa shape index (κ3) is 1.47. The topological polar surface area (TPSA) is 20.2 Å². The zero-order valence-corrected chi connectivity index (χ0v) is 7.46. The molecule has 0 saturated heterocycles. The number of hydrogen-bond donors (Lipinski definition) is 1. The number of halogens is 1. The molecule has 1 aromatic rings. The highest BCUT2D eigenvalue weighted by Crippen LogP contribution is 2.47. The molecule has 64 valence electrons. The van der Waals surface area contributed by atoms with Gasteiger partial charge in [-0.3, -0.25) is 0 Å². The Balaban J connectivity index is 2.14. The molecular weight excluding hydrogens is 172 g/mol. The third-order valence-corrected chi connectivity index (χ3v) is 2.67. The number of hydrogen-bond acceptors (Lipinski definition) is 1. The van der Waals surface area contributed by atoms with Gasteiger partial charge in [-0.25, -0.2) is 0 Å². The highest BCUT2D eigenvalue weighted by Gasteiger charge is 2.37. The van der Waals surface area contributed by atoms with Crippen molar-refractivity contribution in [1.82, 2.24) is 0 Å². The lowest BCUT2D eigenvalue weighted by atomic mass is 10.1. The average Bonchev–Trinajstić information content (AvgIpc) is 2.83. The molecule has 1 saturated carbocycles. The van der Waals surface area contributed by atoms with E-state index >= 15 is 0 Å². The number of aliphatic hydroxyl groups excluding tert-OH is 1. The summed E-state index contributed by atoms with van der Waals surface area (Å²) in [5.41, 5.74) is 1.27. The first-order chi connectivity index (χ1) is 5.81. The van der Waals surface area contributed by atoms with Crippen molar-refractivity contribution in [3.8, 4) is 0 Å². The predicted octanol–water partition coefficient (Wildman–Crippen LogP) is 2.44. The third-order valence-electron chi connectivity index (χ3n) is 2.43. The summed E-state index contributed by atoms with van der Waals surface area (Å²) < 4.78 is 0. The van der Waals surface area contributed by atoms with E-state index < -0.39 is 0 Å². The summed E-state index contributed by atoms with van der Waals surface area (Å²) in [7, 11) is 0. The number of benzene rings is 1. The second-order valence-corrected chi connectivity index (χ2v) is 3.78. The quantitative estimate of drug-likeness (QED) is 0.745. The minimum atomic E-state index is 0.303. The van der Waals surface area contributed by atoms with Gasteiger partial charge in [0.2, 0.25) is 0 Å². The van der Waals surface area contributed by atoms with Crippen LogP contribution >= 0.6 is 11.6 Å². The lowest BCUT2D eigenvalue weighted by molar-refractivity contribution is 0.274. The van der Waals surface area contributed by atoms with Crippen molar-refractivity contribution in [1.29, 1.82) is 0 Å². The highest BCUT2D eigenvalue weighted by molar-refractivity contribution is 6.30. The maximum absolute atomic E-state index is 8.87. The summed E-state index contributed by atoms with van der Waals surface area (Å²) in [5, 5.41) is 9.66. The van der Waals surface area contributed by atoms with Gasteiger partial charge < -0.3 is 5.11 Å². The van der Waals surface area contributed by atoms with Crippen molar-refractivity contribution in [2.45, 2.75) is 12.3 Å². The van der Waals surface area contributed by atoms with Crippen LogP contribution in [0.3, 0.4) is 0 Å². The van der Waals surface area contributed by atoms with Gasteiger partial charge in [0.25, 0.3) is 0 Å². The van der Waals surface area contributed by atoms with E-state index in [4.69, 9.17) is 16.7 Å². The van der Waals surface area contributed by atoms with Crippen LogP contribution in [0.2, 0.25) is 5.02 Å². The Kier molecular flexibility index (Phi) is 2.07. The molecule has 1 N–H and O–H groups in total. The maximum atomic E-state index is 8.87. The molecule has 0 aromatic heterocycles. The van der Waals surface area contributed by atoms with Gasteiger partial charge in [0, 0.05) is 11.6 Å². The Morgan fingerprint density at radius 2 is 2.33 bits per heavy atom. The zero-order chi connectivity index (χ0) is 8.55. The van der Waals surface area contributed by atoms with Gasteiger partial charge in [0.15, 0.2) is 0 Å². The molecule has 12 heavy (non-hydrogen) atoms. The van der Waals surface area contributed by atoms with Crippen LogP contribution in [0.4, 0.5) is 0 Å². The van der Waals surface area contributed by atoms with Crippen LogP contribution in [-0.4, -0.2) is 11.7 Å². The van der Waals surface area contributed by atoms with E-state index in [1.165, 1.54) is 5.56 Å². The van der Waals surface area contributed by atoms with Crippen LogP contribution in [0.25, 0.3) is 0 Å². The molecule has 1 fully saturated rings. The smallest absolute Gasteiger partial charge is 0.0465 e. The first-order valence-electron chi connectivity index (χ1n) is 4.17. The molecule has 2 heteroatoms. The summed E-state index contributed by atoms with van der Waals surface area (Å²) >= 11 is 5.85. The first kappa shape index (κ1) is 8.09. The average molecular weight is 183 g/mol. The van der Waals surface area contributed by atoms with Crippen molar-refractivity contribution in [2.24, 2.45) is 5.92 Å². The first-order valence-corrected chi connectivity index (χ1v) is 4.55. The Labute approximate surface area is 77.0 Å². The molecule has 1 aliphatic carbocycles. The van der Waals surface area contributed by atoms with Crippen molar-refractivity contribution < 1.29 is 5.11 Å². The second kappa shape index (κ2) is 3.08. The lowest BCUT2D eigenvalue weighted by Crippen LogP contribution is -1.88. The molecule has 0 radical (unpaired) electrons. The summed E-state index contributed by atoms with van der Waals surface area (Å²) in [4.78, 5) is 0. The molecule has 0 bridgehead atoms. The van der Waals surface area contributed by atoms with Crippen molar-refractivity contribution in [2.75, 3.05) is 6.61 Å². The summed E-state index contributed by atoms with van der Waals surface area (Å²) in [6.07, 6.45) is 1.11. The second-order valence-electron chi connectivity index (χ2n) is 3.34. The van der Waals surface area contributed by atoms with E-state index in [1.54, 1.807) is 0 Å². The van der Waals surface area contributed by atoms with Crippen molar-refractivity contribution in [3.05, 3.63) is 34.9 Å². The zero-order valence-electron chi connectivity index (χ0n) is 6.70. The van der Waals surface area contributed by atoms with Gasteiger partial charge in [-0.2, -0.15) is 0 Å². The standard InChI is InChI=1S/C10H11ClO/c11-9-3-1-2-7(4-9)10-5-8(10)6-12/h1-4,8,10,12H,5-6H2/t8-,10+/m0/s1. The van der Waals surface area contributed by atoms with Gasteiger partial charge >= 0.3 is 0 Å². The SMILES string of the molecule is OC[C@@H]1C[C@@H]1c1cccc(Cl)c1. The van der Waals surface area contributed by atoms with Crippen molar-refractivity contribution >= 4 is 11.6 Å². The van der Waals surface area contributed by atoms with Crippen molar-refractivity contribution in [3.63, 3.8) is 0 Å². The minimum Gasteiger partial charge on any atom is -0.396 e. The molecule has 2 rings (SSSR count). The molecule has 1 nitrogen and oxygen atoms in total. The normalized spacial score (nSPS) is 27.2. The molecule has 2 atom stereocenters. The minimum absolute atomic E-state index is 0.303. The molecular formula is C10H11ClO. The van der Waals surface area contributed by atoms with Crippen LogP contribution in [0.5, 0.6) is 0 Å². The van der Waals surface area contributed by atoms with E-state index in [1.807, 2.05) is 18.2 Å². The highest BCUT2D eigenvalue weighted by atomic mass is 35.5. The molecule has 0 aliphatic heterocycles. The molecule has 1 aliphatic rings. The van der Waals surface area contributed by atoms with Crippen LogP contribution in [-0.2, 0) is 0 Å². The van der Waals surface area contributed by atoms with Gasteiger partial charge in [0.05, 0.1) is 0 Å². The number of aliphatic hydroxyl groups is 1. The van der Waals surface area contributed by atoms with Crippen LogP contribution in [0.15, 0.2) is 24.3 Å². The van der Waals surface area contributed by atoms with E-state index in [9.17, 15) is 0 Å². The molecule has 0 unspecified atom stereocenters. The lowest BCUT2D eigenvalue weighted by Gasteiger charge is -1.98. The molecule has 0 heterocycles. The van der Waals surface area contributed by atoms with E-state index in [0.29, 0.717) is 18.4 Å². The summed E-state index contributed by atoms with van der Waals surface area (Å²) in [6, 6.07) is 7.90. The predicted molar refractivity (Wildman–Crippen MR) is 49.4 cm³/mol.